The number of nitro benzene ring substituents is 1. The lowest BCUT2D eigenvalue weighted by molar-refractivity contribution is -0.384. The van der Waals surface area contributed by atoms with E-state index in [2.05, 4.69) is 5.32 Å². The van der Waals surface area contributed by atoms with Crippen LogP contribution < -0.4 is 5.32 Å². The molecule has 0 aliphatic carbocycles. The van der Waals surface area contributed by atoms with E-state index in [1.54, 1.807) is 19.2 Å². The van der Waals surface area contributed by atoms with E-state index in [1.807, 2.05) is 0 Å². The molecule has 0 fully saturated rings. The fourth-order valence-electron chi connectivity index (χ4n) is 1.93. The Morgan fingerprint density at radius 3 is 2.35 bits per heavy atom. The molecule has 0 aromatic heterocycles. The lowest BCUT2D eigenvalue weighted by Crippen LogP contribution is -2.32. The second kappa shape index (κ2) is 7.35. The van der Waals surface area contributed by atoms with E-state index >= 15 is 0 Å². The van der Waals surface area contributed by atoms with Crippen LogP contribution in [0.3, 0.4) is 0 Å². The third kappa shape index (κ3) is 4.77. The van der Waals surface area contributed by atoms with Crippen molar-refractivity contribution in [3.63, 3.8) is 0 Å². The van der Waals surface area contributed by atoms with E-state index in [-0.39, 0.29) is 17.5 Å². The van der Waals surface area contributed by atoms with Crippen molar-refractivity contribution in [1.29, 1.82) is 0 Å². The van der Waals surface area contributed by atoms with Crippen LogP contribution in [0, 0.1) is 15.9 Å². The van der Waals surface area contributed by atoms with Crippen LogP contribution in [-0.2, 0) is 6.42 Å². The Kier molecular flexibility index (Phi) is 5.24. The SMILES string of the molecule is CN(CCc1ccc([N+](=O)[O-])cc1)C(=O)Nc1ccc(F)cc1. The molecule has 2 amide bonds. The highest BCUT2D eigenvalue weighted by molar-refractivity contribution is 5.89. The van der Waals surface area contributed by atoms with Crippen molar-refractivity contribution in [1.82, 2.24) is 4.90 Å². The molecule has 0 aliphatic rings. The molecule has 2 aromatic carbocycles. The molecule has 0 spiro atoms. The zero-order chi connectivity index (χ0) is 16.8. The predicted molar refractivity (Wildman–Crippen MR) is 84.8 cm³/mol. The van der Waals surface area contributed by atoms with Crippen LogP contribution >= 0.6 is 0 Å². The van der Waals surface area contributed by atoms with Gasteiger partial charge in [0.1, 0.15) is 5.82 Å². The number of amides is 2. The quantitative estimate of drug-likeness (QED) is 0.678. The van der Waals surface area contributed by atoms with Crippen molar-refractivity contribution in [2.75, 3.05) is 18.9 Å². The highest BCUT2D eigenvalue weighted by Crippen LogP contribution is 2.13. The molecule has 23 heavy (non-hydrogen) atoms. The number of likely N-dealkylation sites (N-methyl/N-ethyl adjacent to an activating group) is 1. The number of nitrogens with one attached hydrogen (secondary N) is 1. The maximum atomic E-state index is 12.8. The summed E-state index contributed by atoms with van der Waals surface area (Å²) < 4.78 is 12.8. The molecule has 0 unspecified atom stereocenters. The second-order valence-electron chi connectivity index (χ2n) is 5.03. The summed E-state index contributed by atoms with van der Waals surface area (Å²) in [5.41, 5.74) is 1.45. The number of hydrogen-bond donors (Lipinski definition) is 1. The van der Waals surface area contributed by atoms with Crippen molar-refractivity contribution < 1.29 is 14.1 Å². The van der Waals surface area contributed by atoms with Crippen LogP contribution in [-0.4, -0.2) is 29.4 Å². The van der Waals surface area contributed by atoms with E-state index in [0.29, 0.717) is 18.7 Å². The molecule has 0 aliphatic heterocycles. The molecule has 2 rings (SSSR count). The fourth-order valence-corrected chi connectivity index (χ4v) is 1.93. The average molecular weight is 317 g/mol. The van der Waals surface area contributed by atoms with Crippen LogP contribution in [0.25, 0.3) is 0 Å². The number of non-ortho nitro benzene ring substituents is 1. The molecule has 6 nitrogen and oxygen atoms in total. The maximum absolute atomic E-state index is 12.8. The van der Waals surface area contributed by atoms with Crippen LogP contribution in [0.15, 0.2) is 48.5 Å². The third-order valence-electron chi connectivity index (χ3n) is 3.33. The number of carbonyl (C=O) groups is 1. The van der Waals surface area contributed by atoms with Gasteiger partial charge in [0.15, 0.2) is 0 Å². The summed E-state index contributed by atoms with van der Waals surface area (Å²) in [6, 6.07) is 11.4. The van der Waals surface area contributed by atoms with Crippen molar-refractivity contribution in [3.8, 4) is 0 Å². The molecule has 0 saturated heterocycles. The van der Waals surface area contributed by atoms with Gasteiger partial charge in [-0.3, -0.25) is 10.1 Å². The highest BCUT2D eigenvalue weighted by atomic mass is 19.1. The van der Waals surface area contributed by atoms with Gasteiger partial charge in [0, 0.05) is 31.4 Å². The normalized spacial score (nSPS) is 10.2. The lowest BCUT2D eigenvalue weighted by atomic mass is 10.1. The van der Waals surface area contributed by atoms with E-state index in [4.69, 9.17) is 0 Å². The van der Waals surface area contributed by atoms with Crippen molar-refractivity contribution in [3.05, 3.63) is 70.0 Å². The molecule has 0 heterocycles. The average Bonchev–Trinajstić information content (AvgIpc) is 2.55. The summed E-state index contributed by atoms with van der Waals surface area (Å²) in [5.74, 6) is -0.366. The van der Waals surface area contributed by atoms with Gasteiger partial charge in [-0.2, -0.15) is 0 Å². The third-order valence-corrected chi connectivity index (χ3v) is 3.33. The first kappa shape index (κ1) is 16.4. The van der Waals surface area contributed by atoms with Gasteiger partial charge in [0.05, 0.1) is 4.92 Å². The summed E-state index contributed by atoms with van der Waals surface area (Å²) >= 11 is 0. The van der Waals surface area contributed by atoms with E-state index in [1.165, 1.54) is 41.3 Å². The minimum Gasteiger partial charge on any atom is -0.327 e. The van der Waals surface area contributed by atoms with Crippen LogP contribution in [0.5, 0.6) is 0 Å². The monoisotopic (exact) mass is 317 g/mol. The largest absolute Gasteiger partial charge is 0.327 e. The topological polar surface area (TPSA) is 75.5 Å². The zero-order valence-electron chi connectivity index (χ0n) is 12.5. The van der Waals surface area contributed by atoms with Crippen molar-refractivity contribution in [2.45, 2.75) is 6.42 Å². The number of carbonyl (C=O) groups excluding carboxylic acids is 1. The minimum atomic E-state index is -0.452. The first-order valence-electron chi connectivity index (χ1n) is 6.97. The lowest BCUT2D eigenvalue weighted by Gasteiger charge is -2.18. The Hall–Kier alpha value is -2.96. The molecular weight excluding hydrogens is 301 g/mol. The van der Waals surface area contributed by atoms with Gasteiger partial charge in [-0.1, -0.05) is 12.1 Å². The molecule has 0 radical (unpaired) electrons. The van der Waals surface area contributed by atoms with E-state index in [9.17, 15) is 19.3 Å². The number of urea groups is 1. The number of anilines is 1. The maximum Gasteiger partial charge on any atom is 0.321 e. The molecule has 0 bridgehead atoms. The Labute approximate surface area is 132 Å². The van der Waals surface area contributed by atoms with Crippen molar-refractivity contribution >= 4 is 17.4 Å². The smallest absolute Gasteiger partial charge is 0.321 e. The summed E-state index contributed by atoms with van der Waals surface area (Å²) in [6.07, 6.45) is 0.575. The molecule has 7 heteroatoms. The number of hydrogen-bond acceptors (Lipinski definition) is 3. The number of nitrogens with zero attached hydrogens (tertiary/aromatic N) is 2. The van der Waals surface area contributed by atoms with E-state index in [0.717, 1.165) is 5.56 Å². The molecule has 1 N–H and O–H groups in total. The fraction of sp³-hybridized carbons (Fsp3) is 0.188. The van der Waals surface area contributed by atoms with Crippen LogP contribution in [0.4, 0.5) is 20.6 Å². The van der Waals surface area contributed by atoms with Gasteiger partial charge in [0.2, 0.25) is 0 Å². The zero-order valence-corrected chi connectivity index (χ0v) is 12.5. The first-order valence-corrected chi connectivity index (χ1v) is 6.97. The number of halogens is 1. The van der Waals surface area contributed by atoms with Crippen molar-refractivity contribution in [2.24, 2.45) is 0 Å². The summed E-state index contributed by atoms with van der Waals surface area (Å²) in [7, 11) is 1.64. The Morgan fingerprint density at radius 1 is 1.17 bits per heavy atom. The summed E-state index contributed by atoms with van der Waals surface area (Å²) in [4.78, 5) is 23.6. The predicted octanol–water partition coefficient (Wildman–Crippen LogP) is 3.44. The standard InChI is InChI=1S/C16H16FN3O3/c1-19(16(21)18-14-6-4-13(17)5-7-14)11-10-12-2-8-15(9-3-12)20(22)23/h2-9H,10-11H2,1H3,(H,18,21). The Balaban J connectivity index is 1.85. The van der Waals surface area contributed by atoms with Gasteiger partial charge in [0.25, 0.3) is 5.69 Å². The summed E-state index contributed by atoms with van der Waals surface area (Å²) in [6.45, 7) is 0.449. The van der Waals surface area contributed by atoms with Gasteiger partial charge >= 0.3 is 6.03 Å². The second-order valence-corrected chi connectivity index (χ2v) is 5.03. The number of rotatable bonds is 5. The van der Waals surface area contributed by atoms with Gasteiger partial charge in [-0.15, -0.1) is 0 Å². The summed E-state index contributed by atoms with van der Waals surface area (Å²) in [5, 5.41) is 13.2. The first-order chi connectivity index (χ1) is 11.0. The molecule has 0 saturated carbocycles. The Morgan fingerprint density at radius 2 is 1.78 bits per heavy atom. The molecule has 120 valence electrons. The molecule has 2 aromatic rings. The van der Waals surface area contributed by atoms with Crippen LogP contribution in [0.1, 0.15) is 5.56 Å². The van der Waals surface area contributed by atoms with Gasteiger partial charge in [-0.05, 0) is 36.2 Å². The Bertz CT molecular complexity index is 687. The number of benzene rings is 2. The van der Waals surface area contributed by atoms with E-state index < -0.39 is 4.92 Å². The van der Waals surface area contributed by atoms with Gasteiger partial charge in [-0.25, -0.2) is 9.18 Å². The van der Waals surface area contributed by atoms with Gasteiger partial charge < -0.3 is 10.2 Å². The minimum absolute atomic E-state index is 0.0381. The van der Waals surface area contributed by atoms with Crippen LogP contribution in [0.2, 0.25) is 0 Å². The highest BCUT2D eigenvalue weighted by Gasteiger charge is 2.10. The molecule has 0 atom stereocenters. The molecular formula is C16H16FN3O3. The number of nitro groups is 1.